The number of benzene rings is 1. The molecule has 27 heavy (non-hydrogen) atoms. The number of ketones is 1. The molecule has 142 valence electrons. The van der Waals surface area contributed by atoms with Gasteiger partial charge in [-0.2, -0.15) is 0 Å². The van der Waals surface area contributed by atoms with E-state index in [1.54, 1.807) is 0 Å². The van der Waals surface area contributed by atoms with Crippen LogP contribution in [0.25, 0.3) is 0 Å². The first-order valence-corrected chi connectivity index (χ1v) is 9.03. The van der Waals surface area contributed by atoms with Crippen molar-refractivity contribution in [3.05, 3.63) is 53.3 Å². The minimum absolute atomic E-state index is 0.0713. The average Bonchev–Trinajstić information content (AvgIpc) is 3.14. The van der Waals surface area contributed by atoms with E-state index in [9.17, 15) is 14.4 Å². The van der Waals surface area contributed by atoms with E-state index < -0.39 is 0 Å². The first-order chi connectivity index (χ1) is 12.9. The quantitative estimate of drug-likeness (QED) is 0.679. The second-order valence-corrected chi connectivity index (χ2v) is 6.99. The molecule has 1 aromatic heterocycles. The summed E-state index contributed by atoms with van der Waals surface area (Å²) < 4.78 is 0. The molecule has 2 amide bonds. The van der Waals surface area contributed by atoms with Gasteiger partial charge < -0.3 is 16.0 Å². The van der Waals surface area contributed by atoms with Crippen molar-refractivity contribution < 1.29 is 14.4 Å². The lowest BCUT2D eigenvalue weighted by Gasteiger charge is -2.31. The molecule has 2 aromatic rings. The van der Waals surface area contributed by atoms with Gasteiger partial charge in [-0.1, -0.05) is 12.1 Å². The smallest absolute Gasteiger partial charge is 0.272 e. The molecule has 1 aliphatic rings. The lowest BCUT2D eigenvalue weighted by atomic mass is 9.97. The van der Waals surface area contributed by atoms with E-state index in [-0.39, 0.29) is 23.5 Å². The molecule has 1 saturated heterocycles. The Morgan fingerprint density at radius 2 is 2.00 bits per heavy atom. The molecule has 1 unspecified atom stereocenters. The van der Waals surface area contributed by atoms with Crippen molar-refractivity contribution in [3.63, 3.8) is 0 Å². The lowest BCUT2D eigenvalue weighted by molar-refractivity contribution is -0.123. The number of carbonyl (C=O) groups is 3. The van der Waals surface area contributed by atoms with Crippen molar-refractivity contribution in [3.8, 4) is 0 Å². The number of amides is 2. The summed E-state index contributed by atoms with van der Waals surface area (Å²) in [6.45, 7) is 3.85. The monoisotopic (exact) mass is 368 g/mol. The van der Waals surface area contributed by atoms with Crippen LogP contribution in [-0.4, -0.2) is 40.6 Å². The molecular formula is C20H24N4O3. The third kappa shape index (κ3) is 4.83. The van der Waals surface area contributed by atoms with Crippen molar-refractivity contribution >= 4 is 23.3 Å². The molecule has 0 saturated carbocycles. The maximum atomic E-state index is 12.2. The number of Topliss-reactive ketones (excluding diaryl/α,β-unsaturated/α-hetero) is 1. The lowest BCUT2D eigenvalue weighted by Crippen LogP contribution is -2.40. The topological polar surface area (TPSA) is 108 Å². The molecule has 0 radical (unpaired) electrons. The van der Waals surface area contributed by atoms with Crippen molar-refractivity contribution in [2.75, 3.05) is 18.4 Å². The summed E-state index contributed by atoms with van der Waals surface area (Å²) in [6, 6.07) is 9.14. The number of likely N-dealkylation sites (tertiary alicyclic amines) is 1. The highest BCUT2D eigenvalue weighted by Gasteiger charge is 2.23. The Hall–Kier alpha value is -2.93. The van der Waals surface area contributed by atoms with Crippen LogP contribution in [0.1, 0.15) is 46.2 Å². The molecule has 7 nitrogen and oxygen atoms in total. The van der Waals surface area contributed by atoms with Crippen molar-refractivity contribution in [1.29, 1.82) is 0 Å². The second kappa shape index (κ2) is 8.18. The highest BCUT2D eigenvalue weighted by molar-refractivity contribution is 6.05. The number of rotatable bonds is 6. The third-order valence-electron chi connectivity index (χ3n) is 4.86. The summed E-state index contributed by atoms with van der Waals surface area (Å²) in [7, 11) is 0. The van der Waals surface area contributed by atoms with Gasteiger partial charge in [-0.25, -0.2) is 0 Å². The molecule has 7 heteroatoms. The number of aromatic nitrogens is 1. The first-order valence-electron chi connectivity index (χ1n) is 9.03. The number of piperidine rings is 1. The van der Waals surface area contributed by atoms with Gasteiger partial charge in [0.1, 0.15) is 5.69 Å². The normalized spacial score (nSPS) is 17.4. The number of nitrogens with two attached hydrogens (primary N) is 1. The van der Waals surface area contributed by atoms with Crippen molar-refractivity contribution in [1.82, 2.24) is 9.88 Å². The second-order valence-electron chi connectivity index (χ2n) is 6.99. The van der Waals surface area contributed by atoms with E-state index in [4.69, 9.17) is 5.73 Å². The number of nitrogens with zero attached hydrogens (tertiary/aromatic N) is 1. The first kappa shape index (κ1) is 18.8. The Kier molecular flexibility index (Phi) is 5.71. The zero-order valence-electron chi connectivity index (χ0n) is 15.3. The summed E-state index contributed by atoms with van der Waals surface area (Å²) in [5.74, 6) is -0.686. The fraction of sp³-hybridized carbons (Fsp3) is 0.350. The number of anilines is 1. The Bertz CT molecular complexity index is 841. The average molecular weight is 368 g/mol. The van der Waals surface area contributed by atoms with Gasteiger partial charge >= 0.3 is 0 Å². The maximum Gasteiger partial charge on any atom is 0.272 e. The predicted octanol–water partition coefficient (Wildman–Crippen LogP) is 2.17. The zero-order chi connectivity index (χ0) is 19.4. The minimum Gasteiger partial charge on any atom is -0.369 e. The molecule has 0 spiro atoms. The van der Waals surface area contributed by atoms with Crippen LogP contribution in [0.3, 0.4) is 0 Å². The van der Waals surface area contributed by atoms with E-state index in [1.807, 2.05) is 24.3 Å². The van der Waals surface area contributed by atoms with Crippen LogP contribution in [0.5, 0.6) is 0 Å². The summed E-state index contributed by atoms with van der Waals surface area (Å²) in [5, 5.41) is 2.81. The third-order valence-corrected chi connectivity index (χ3v) is 4.86. The summed E-state index contributed by atoms with van der Waals surface area (Å²) in [5.41, 5.74) is 8.03. The fourth-order valence-electron chi connectivity index (χ4n) is 3.31. The van der Waals surface area contributed by atoms with Crippen LogP contribution in [0, 0.1) is 5.92 Å². The van der Waals surface area contributed by atoms with Crippen molar-refractivity contribution in [2.45, 2.75) is 26.3 Å². The number of aromatic amines is 1. The number of nitrogens with one attached hydrogen (secondary N) is 2. The van der Waals surface area contributed by atoms with Crippen LogP contribution in [0.2, 0.25) is 0 Å². The molecule has 0 bridgehead atoms. The summed E-state index contributed by atoms with van der Waals surface area (Å²) in [4.78, 5) is 40.0. The molecule has 2 heterocycles. The highest BCUT2D eigenvalue weighted by Crippen LogP contribution is 2.19. The molecule has 1 aromatic carbocycles. The van der Waals surface area contributed by atoms with Gasteiger partial charge in [0, 0.05) is 30.5 Å². The molecule has 1 fully saturated rings. The summed E-state index contributed by atoms with van der Waals surface area (Å²) >= 11 is 0. The molecule has 4 N–H and O–H groups in total. The van der Waals surface area contributed by atoms with Gasteiger partial charge in [0.25, 0.3) is 5.91 Å². The summed E-state index contributed by atoms with van der Waals surface area (Å²) in [6.07, 6.45) is 3.36. The number of primary amides is 1. The molecule has 1 aliphatic heterocycles. The Morgan fingerprint density at radius 3 is 2.63 bits per heavy atom. The van der Waals surface area contributed by atoms with Gasteiger partial charge in [0.05, 0.1) is 5.92 Å². The number of hydrogen-bond donors (Lipinski definition) is 3. The Morgan fingerprint density at radius 1 is 1.26 bits per heavy atom. The van der Waals surface area contributed by atoms with Gasteiger partial charge in [-0.05, 0) is 50.1 Å². The van der Waals surface area contributed by atoms with Crippen LogP contribution in [0.4, 0.5) is 5.69 Å². The van der Waals surface area contributed by atoms with E-state index >= 15 is 0 Å². The standard InChI is InChI=1S/C20H24N4O3/c1-13(25)16-9-18(22-10-16)20(27)23-17-6-4-14(5-7-17)11-24-8-2-3-15(12-24)19(21)26/h4-7,9-10,15,22H,2-3,8,11-12H2,1H3,(H2,21,26)(H,23,27). The van der Waals surface area contributed by atoms with Gasteiger partial charge in [-0.3, -0.25) is 19.3 Å². The number of H-pyrrole nitrogens is 1. The molecular weight excluding hydrogens is 344 g/mol. The SMILES string of the molecule is CC(=O)c1c[nH]c(C(=O)Nc2ccc(CN3CCCC(C(N)=O)C3)cc2)c1. The maximum absolute atomic E-state index is 12.2. The van der Waals surface area contributed by atoms with Gasteiger partial charge in [0.15, 0.2) is 5.78 Å². The van der Waals surface area contributed by atoms with Crippen molar-refractivity contribution in [2.24, 2.45) is 11.7 Å². The Labute approximate surface area is 157 Å². The predicted molar refractivity (Wildman–Crippen MR) is 102 cm³/mol. The van der Waals surface area contributed by atoms with Crippen LogP contribution in [0.15, 0.2) is 36.5 Å². The van der Waals surface area contributed by atoms with Crippen LogP contribution >= 0.6 is 0 Å². The fourth-order valence-corrected chi connectivity index (χ4v) is 3.31. The number of carbonyl (C=O) groups excluding carboxylic acids is 3. The largest absolute Gasteiger partial charge is 0.369 e. The molecule has 1 atom stereocenters. The molecule has 0 aliphatic carbocycles. The van der Waals surface area contributed by atoms with E-state index in [1.165, 1.54) is 19.2 Å². The highest BCUT2D eigenvalue weighted by atomic mass is 16.2. The van der Waals surface area contributed by atoms with E-state index in [2.05, 4.69) is 15.2 Å². The molecule has 3 rings (SSSR count). The van der Waals surface area contributed by atoms with Crippen LogP contribution < -0.4 is 11.1 Å². The van der Waals surface area contributed by atoms with Gasteiger partial charge in [-0.15, -0.1) is 0 Å². The zero-order valence-corrected chi connectivity index (χ0v) is 15.3. The Balaban J connectivity index is 1.57. The van der Waals surface area contributed by atoms with E-state index in [0.717, 1.165) is 31.5 Å². The van der Waals surface area contributed by atoms with Crippen LogP contribution in [-0.2, 0) is 11.3 Å². The number of hydrogen-bond acceptors (Lipinski definition) is 4. The minimum atomic E-state index is -0.296. The van der Waals surface area contributed by atoms with Gasteiger partial charge in [0.2, 0.25) is 5.91 Å². The van der Waals surface area contributed by atoms with E-state index in [0.29, 0.717) is 23.5 Å².